The first-order valence-corrected chi connectivity index (χ1v) is 7.87. The van der Waals surface area contributed by atoms with Crippen LogP contribution in [0.2, 0.25) is 0 Å². The highest BCUT2D eigenvalue weighted by molar-refractivity contribution is 7.99. The van der Waals surface area contributed by atoms with Gasteiger partial charge < -0.3 is 9.73 Å². The quantitative estimate of drug-likeness (QED) is 0.784. The van der Waals surface area contributed by atoms with E-state index >= 15 is 0 Å². The highest BCUT2D eigenvalue weighted by Crippen LogP contribution is 2.24. The molecule has 0 bridgehead atoms. The number of urea groups is 1. The van der Waals surface area contributed by atoms with Crippen molar-refractivity contribution in [2.24, 2.45) is 0 Å². The van der Waals surface area contributed by atoms with Crippen molar-refractivity contribution in [1.82, 2.24) is 20.8 Å². The number of benzene rings is 1. The summed E-state index contributed by atoms with van der Waals surface area (Å²) in [6.45, 7) is 2.39. The molecule has 0 radical (unpaired) electrons. The third kappa shape index (κ3) is 5.06. The van der Waals surface area contributed by atoms with E-state index in [-0.39, 0.29) is 22.4 Å². The van der Waals surface area contributed by atoms with Gasteiger partial charge in [-0.1, -0.05) is 30.8 Å². The maximum Gasteiger partial charge on any atom is 0.321 e. The van der Waals surface area contributed by atoms with Gasteiger partial charge >= 0.3 is 6.03 Å². The molecule has 2 rings (SSSR count). The number of rotatable bonds is 6. The molecule has 1 aromatic heterocycles. The van der Waals surface area contributed by atoms with Crippen molar-refractivity contribution in [3.05, 3.63) is 30.1 Å². The predicted octanol–water partition coefficient (Wildman–Crippen LogP) is 2.20. The van der Waals surface area contributed by atoms with Crippen LogP contribution < -0.4 is 10.6 Å². The van der Waals surface area contributed by atoms with Crippen LogP contribution in [0.4, 0.5) is 9.18 Å². The van der Waals surface area contributed by atoms with Crippen LogP contribution in [0.1, 0.15) is 13.3 Å². The average molecular weight is 338 g/mol. The molecule has 1 aromatic carbocycles. The fourth-order valence-corrected chi connectivity index (χ4v) is 2.15. The molecule has 0 aliphatic carbocycles. The number of amides is 3. The highest BCUT2D eigenvalue weighted by Gasteiger charge is 2.14. The number of carbonyl (C=O) groups is 2. The Bertz CT molecular complexity index is 692. The van der Waals surface area contributed by atoms with Crippen molar-refractivity contribution in [3.63, 3.8) is 0 Å². The number of nitrogens with one attached hydrogen (secondary N) is 2. The van der Waals surface area contributed by atoms with E-state index in [1.165, 1.54) is 12.1 Å². The second-order valence-electron chi connectivity index (χ2n) is 4.45. The Kier molecular flexibility index (Phi) is 6.10. The van der Waals surface area contributed by atoms with Crippen molar-refractivity contribution in [2.45, 2.75) is 18.6 Å². The first kappa shape index (κ1) is 16.9. The fourth-order valence-electron chi connectivity index (χ4n) is 1.58. The van der Waals surface area contributed by atoms with Crippen LogP contribution in [-0.2, 0) is 4.79 Å². The Balaban J connectivity index is 1.87. The van der Waals surface area contributed by atoms with E-state index in [9.17, 15) is 14.0 Å². The molecule has 0 fully saturated rings. The Labute approximate surface area is 136 Å². The first-order chi connectivity index (χ1) is 11.1. The smallest absolute Gasteiger partial charge is 0.321 e. The van der Waals surface area contributed by atoms with Gasteiger partial charge in [-0.15, -0.1) is 10.2 Å². The van der Waals surface area contributed by atoms with Crippen LogP contribution in [0, 0.1) is 5.82 Å². The maximum atomic E-state index is 13.6. The SMILES string of the molecule is CCCNC(=O)NC(=O)CSc1nnc(-c2ccccc2F)o1. The Hall–Kier alpha value is -2.42. The Morgan fingerprint density at radius 3 is 2.83 bits per heavy atom. The zero-order valence-electron chi connectivity index (χ0n) is 12.3. The van der Waals surface area contributed by atoms with Gasteiger partial charge in [0.15, 0.2) is 0 Å². The lowest BCUT2D eigenvalue weighted by Crippen LogP contribution is -2.40. The zero-order chi connectivity index (χ0) is 16.7. The van der Waals surface area contributed by atoms with Crippen molar-refractivity contribution in [2.75, 3.05) is 12.3 Å². The van der Waals surface area contributed by atoms with E-state index in [1.807, 2.05) is 6.92 Å². The van der Waals surface area contributed by atoms with Gasteiger partial charge in [0.05, 0.1) is 11.3 Å². The highest BCUT2D eigenvalue weighted by atomic mass is 32.2. The minimum Gasteiger partial charge on any atom is -0.411 e. The van der Waals surface area contributed by atoms with Crippen LogP contribution in [0.25, 0.3) is 11.5 Å². The monoisotopic (exact) mass is 338 g/mol. The number of carbonyl (C=O) groups excluding carboxylic acids is 2. The number of hydrogen-bond donors (Lipinski definition) is 2. The Morgan fingerprint density at radius 1 is 1.30 bits per heavy atom. The van der Waals surface area contributed by atoms with Crippen LogP contribution >= 0.6 is 11.8 Å². The van der Waals surface area contributed by atoms with E-state index in [0.29, 0.717) is 6.54 Å². The van der Waals surface area contributed by atoms with E-state index < -0.39 is 17.8 Å². The van der Waals surface area contributed by atoms with Gasteiger partial charge in [0.25, 0.3) is 11.1 Å². The summed E-state index contributed by atoms with van der Waals surface area (Å²) in [6, 6.07) is 5.46. The standard InChI is InChI=1S/C14H15FN4O3S/c1-2-7-16-13(21)17-11(20)8-23-14-19-18-12(22-14)9-5-3-4-6-10(9)15/h3-6H,2,7-8H2,1H3,(H2,16,17,20,21). The van der Waals surface area contributed by atoms with Gasteiger partial charge in [0.2, 0.25) is 5.91 Å². The molecule has 0 saturated carbocycles. The zero-order valence-corrected chi connectivity index (χ0v) is 13.2. The van der Waals surface area contributed by atoms with Crippen LogP contribution in [0.15, 0.2) is 33.9 Å². The van der Waals surface area contributed by atoms with E-state index in [1.54, 1.807) is 12.1 Å². The van der Waals surface area contributed by atoms with Gasteiger partial charge in [0.1, 0.15) is 5.82 Å². The third-order valence-corrected chi connectivity index (χ3v) is 3.44. The molecule has 0 spiro atoms. The normalized spacial score (nSPS) is 10.3. The molecule has 7 nitrogen and oxygen atoms in total. The summed E-state index contributed by atoms with van der Waals surface area (Å²) in [5, 5.41) is 12.3. The molecule has 0 atom stereocenters. The summed E-state index contributed by atoms with van der Waals surface area (Å²) in [6.07, 6.45) is 0.775. The summed E-state index contributed by atoms with van der Waals surface area (Å²) < 4.78 is 18.9. The number of halogens is 1. The minimum atomic E-state index is -0.546. The van der Waals surface area contributed by atoms with Crippen LogP contribution in [0.3, 0.4) is 0 Å². The average Bonchev–Trinajstić information content (AvgIpc) is 3.00. The van der Waals surface area contributed by atoms with E-state index in [2.05, 4.69) is 20.8 Å². The lowest BCUT2D eigenvalue weighted by atomic mass is 10.2. The number of aromatic nitrogens is 2. The van der Waals surface area contributed by atoms with E-state index in [4.69, 9.17) is 4.42 Å². The van der Waals surface area contributed by atoms with Crippen LogP contribution in [0.5, 0.6) is 0 Å². The molecule has 3 amide bonds. The largest absolute Gasteiger partial charge is 0.411 e. The predicted molar refractivity (Wildman–Crippen MR) is 82.2 cm³/mol. The molecule has 1 heterocycles. The van der Waals surface area contributed by atoms with Crippen molar-refractivity contribution >= 4 is 23.7 Å². The molecular formula is C14H15FN4O3S. The van der Waals surface area contributed by atoms with Crippen LogP contribution in [-0.4, -0.2) is 34.4 Å². The molecular weight excluding hydrogens is 323 g/mol. The maximum absolute atomic E-state index is 13.6. The van der Waals surface area contributed by atoms with Gasteiger partial charge in [-0.3, -0.25) is 10.1 Å². The first-order valence-electron chi connectivity index (χ1n) is 6.89. The second kappa shape index (κ2) is 8.28. The summed E-state index contributed by atoms with van der Waals surface area (Å²) in [5.74, 6) is -1.00. The molecule has 2 N–H and O–H groups in total. The minimum absolute atomic E-state index is 0.0340. The fraction of sp³-hybridized carbons (Fsp3) is 0.286. The van der Waals surface area contributed by atoms with Crippen molar-refractivity contribution in [1.29, 1.82) is 0 Å². The van der Waals surface area contributed by atoms with Crippen molar-refractivity contribution < 1.29 is 18.4 Å². The van der Waals surface area contributed by atoms with Gasteiger partial charge in [-0.25, -0.2) is 9.18 Å². The van der Waals surface area contributed by atoms with Gasteiger partial charge in [-0.2, -0.15) is 0 Å². The molecule has 2 aromatic rings. The Morgan fingerprint density at radius 2 is 2.09 bits per heavy atom. The molecule has 9 heteroatoms. The summed E-state index contributed by atoms with van der Waals surface area (Å²) in [5.41, 5.74) is 0.190. The number of hydrogen-bond acceptors (Lipinski definition) is 6. The number of thioether (sulfide) groups is 1. The molecule has 0 aliphatic rings. The molecule has 0 aliphatic heterocycles. The number of imide groups is 1. The topological polar surface area (TPSA) is 97.1 Å². The third-order valence-electron chi connectivity index (χ3n) is 2.63. The van der Waals surface area contributed by atoms with E-state index in [0.717, 1.165) is 18.2 Å². The molecule has 23 heavy (non-hydrogen) atoms. The lowest BCUT2D eigenvalue weighted by molar-refractivity contribution is -0.117. The van der Waals surface area contributed by atoms with Gasteiger partial charge in [0, 0.05) is 6.54 Å². The molecule has 0 saturated heterocycles. The molecule has 0 unspecified atom stereocenters. The van der Waals surface area contributed by atoms with Crippen molar-refractivity contribution in [3.8, 4) is 11.5 Å². The lowest BCUT2D eigenvalue weighted by Gasteiger charge is -2.04. The molecule has 122 valence electrons. The summed E-state index contributed by atoms with van der Waals surface area (Å²) >= 11 is 0.961. The van der Waals surface area contributed by atoms with Gasteiger partial charge in [-0.05, 0) is 18.6 Å². The second-order valence-corrected chi connectivity index (χ2v) is 5.37. The summed E-state index contributed by atoms with van der Waals surface area (Å²) in [7, 11) is 0. The summed E-state index contributed by atoms with van der Waals surface area (Å²) in [4.78, 5) is 22.9. The number of nitrogens with zero attached hydrogens (tertiary/aromatic N) is 2.